The van der Waals surface area contributed by atoms with Crippen molar-refractivity contribution in [2.24, 2.45) is 4.99 Å². The van der Waals surface area contributed by atoms with Gasteiger partial charge in [-0.1, -0.05) is 29.3 Å². The number of amides is 1. The second-order valence-corrected chi connectivity index (χ2v) is 9.02. The first-order chi connectivity index (χ1) is 14.4. The van der Waals surface area contributed by atoms with Crippen molar-refractivity contribution in [3.8, 4) is 0 Å². The lowest BCUT2D eigenvalue weighted by Gasteiger charge is -2.29. The van der Waals surface area contributed by atoms with Crippen molar-refractivity contribution in [1.29, 1.82) is 0 Å². The van der Waals surface area contributed by atoms with Crippen LogP contribution in [0.4, 0.5) is 20.6 Å². The fraction of sp³-hybridized carbons (Fsp3) is 0.391. The molecule has 2 rings (SSSR count). The average molecular weight is 468 g/mol. The number of anilines is 1. The topological polar surface area (TPSA) is 45.1 Å². The fourth-order valence-corrected chi connectivity index (χ4v) is 3.11. The number of carbonyl (C=O) groups excluding carboxylic acids is 1. The fourth-order valence-electron chi connectivity index (χ4n) is 2.67. The van der Waals surface area contributed by atoms with Crippen LogP contribution >= 0.6 is 23.2 Å². The average Bonchev–Trinajstić information content (AvgIpc) is 2.66. The smallest absolute Gasteiger partial charge is 0.415 e. The lowest BCUT2D eigenvalue weighted by atomic mass is 10.1. The zero-order valence-corrected chi connectivity index (χ0v) is 20.2. The van der Waals surface area contributed by atoms with E-state index in [0.717, 1.165) is 12.1 Å². The van der Waals surface area contributed by atoms with Crippen molar-refractivity contribution in [1.82, 2.24) is 4.90 Å². The largest absolute Gasteiger partial charge is 0.443 e. The second kappa shape index (κ2) is 10.3. The monoisotopic (exact) mass is 467 g/mol. The van der Waals surface area contributed by atoms with Gasteiger partial charge in [0.1, 0.15) is 11.4 Å². The van der Waals surface area contributed by atoms with E-state index in [9.17, 15) is 9.18 Å². The third-order valence-electron chi connectivity index (χ3n) is 4.41. The van der Waals surface area contributed by atoms with Gasteiger partial charge in [-0.15, -0.1) is 0 Å². The summed E-state index contributed by atoms with van der Waals surface area (Å²) < 4.78 is 19.1. The molecule has 0 N–H and O–H groups in total. The first kappa shape index (κ1) is 25.0. The number of hydrogen-bond donors (Lipinski definition) is 0. The molecule has 0 saturated heterocycles. The zero-order chi connectivity index (χ0) is 23.3. The predicted octanol–water partition coefficient (Wildman–Crippen LogP) is 6.99. The second-order valence-electron chi connectivity index (χ2n) is 8.21. The highest BCUT2D eigenvalue weighted by atomic mass is 35.5. The molecule has 0 aromatic heterocycles. The van der Waals surface area contributed by atoms with E-state index in [4.69, 9.17) is 27.9 Å². The number of aryl methyl sites for hydroxylation is 1. The number of rotatable bonds is 6. The number of benzene rings is 2. The Kier molecular flexibility index (Phi) is 8.32. The van der Waals surface area contributed by atoms with E-state index in [2.05, 4.69) is 4.99 Å². The number of hydrogen-bond acceptors (Lipinski definition) is 3. The molecule has 0 bridgehead atoms. The molecule has 5 nitrogen and oxygen atoms in total. The maximum atomic E-state index is 13.5. The van der Waals surface area contributed by atoms with Crippen LogP contribution in [0, 0.1) is 12.7 Å². The summed E-state index contributed by atoms with van der Waals surface area (Å²) in [5, 5.41) is 0.612. The number of halogens is 3. The lowest BCUT2D eigenvalue weighted by molar-refractivity contribution is 0.0577. The third kappa shape index (κ3) is 7.11. The highest BCUT2D eigenvalue weighted by molar-refractivity contribution is 6.33. The van der Waals surface area contributed by atoms with E-state index in [1.165, 1.54) is 17.0 Å². The van der Waals surface area contributed by atoms with Crippen LogP contribution in [0.15, 0.2) is 35.3 Å². The van der Waals surface area contributed by atoms with Crippen LogP contribution in [0.25, 0.3) is 0 Å². The van der Waals surface area contributed by atoms with Crippen LogP contribution < -0.4 is 4.90 Å². The van der Waals surface area contributed by atoms with Crippen molar-refractivity contribution in [2.75, 3.05) is 18.5 Å². The maximum Gasteiger partial charge on any atom is 0.415 e. The predicted molar refractivity (Wildman–Crippen MR) is 126 cm³/mol. The van der Waals surface area contributed by atoms with Crippen molar-refractivity contribution in [3.63, 3.8) is 0 Å². The van der Waals surface area contributed by atoms with Crippen LogP contribution in [0.2, 0.25) is 10.0 Å². The molecule has 0 heterocycles. The number of carbonyl (C=O) groups is 1. The molecule has 0 saturated carbocycles. The molecule has 0 atom stereocenters. The summed E-state index contributed by atoms with van der Waals surface area (Å²) in [6, 6.07) is 7.55. The summed E-state index contributed by atoms with van der Waals surface area (Å²) in [6.45, 7) is 10.1. The minimum Gasteiger partial charge on any atom is -0.443 e. The first-order valence-electron chi connectivity index (χ1n) is 9.90. The van der Waals surface area contributed by atoms with Crippen molar-refractivity contribution in [3.05, 3.63) is 57.3 Å². The minimum absolute atomic E-state index is 0.0897. The Morgan fingerprint density at radius 2 is 1.87 bits per heavy atom. The maximum absolute atomic E-state index is 13.5. The Bertz CT molecular complexity index is 974. The van der Waals surface area contributed by atoms with E-state index in [-0.39, 0.29) is 11.6 Å². The van der Waals surface area contributed by atoms with Crippen LogP contribution in [-0.2, 0) is 11.3 Å². The summed E-state index contributed by atoms with van der Waals surface area (Å²) in [5.41, 5.74) is 1.81. The number of ether oxygens (including phenoxy) is 1. The van der Waals surface area contributed by atoms with E-state index >= 15 is 0 Å². The lowest BCUT2D eigenvalue weighted by Crippen LogP contribution is -2.37. The molecule has 2 aromatic rings. The van der Waals surface area contributed by atoms with Gasteiger partial charge in [0.2, 0.25) is 0 Å². The van der Waals surface area contributed by atoms with Gasteiger partial charge in [0.25, 0.3) is 0 Å². The summed E-state index contributed by atoms with van der Waals surface area (Å²) in [7, 11) is 1.91. The van der Waals surface area contributed by atoms with Crippen LogP contribution in [0.3, 0.4) is 0 Å². The Morgan fingerprint density at radius 3 is 2.45 bits per heavy atom. The van der Waals surface area contributed by atoms with Gasteiger partial charge in [-0.2, -0.15) is 0 Å². The molecular weight excluding hydrogens is 440 g/mol. The molecule has 31 heavy (non-hydrogen) atoms. The van der Waals surface area contributed by atoms with Crippen LogP contribution in [0.5, 0.6) is 0 Å². The van der Waals surface area contributed by atoms with Crippen LogP contribution in [0.1, 0.15) is 38.8 Å². The normalized spacial score (nSPS) is 11.6. The molecule has 168 valence electrons. The Hall–Kier alpha value is -2.31. The molecule has 8 heteroatoms. The summed E-state index contributed by atoms with van der Waals surface area (Å²) >= 11 is 12.7. The molecule has 0 unspecified atom stereocenters. The zero-order valence-electron chi connectivity index (χ0n) is 18.7. The molecule has 0 aliphatic heterocycles. The molecule has 0 fully saturated rings. The molecule has 0 aliphatic carbocycles. The number of aliphatic imine (C=N–C) groups is 1. The van der Waals surface area contributed by atoms with Gasteiger partial charge in [-0.3, -0.25) is 4.90 Å². The molecule has 0 spiro atoms. The third-order valence-corrected chi connectivity index (χ3v) is 5.06. The Morgan fingerprint density at radius 1 is 1.19 bits per heavy atom. The molecule has 2 aromatic carbocycles. The molecule has 0 aliphatic rings. The molecule has 0 radical (unpaired) electrons. The van der Waals surface area contributed by atoms with Gasteiger partial charge in [0.05, 0.1) is 29.3 Å². The highest BCUT2D eigenvalue weighted by Crippen LogP contribution is 2.35. The van der Waals surface area contributed by atoms with Gasteiger partial charge in [0, 0.05) is 18.6 Å². The SMILES string of the molecule is CCN(C)C=Nc1cc(C)c(N(Cc2ccc(F)cc2Cl)C(=O)OC(C)(C)C)cc1Cl. The van der Waals surface area contributed by atoms with E-state index in [0.29, 0.717) is 22.0 Å². The molecule has 1 amide bonds. The van der Waals surface area contributed by atoms with Gasteiger partial charge in [-0.25, -0.2) is 14.2 Å². The van der Waals surface area contributed by atoms with E-state index in [1.807, 2.05) is 25.8 Å². The standard InChI is InChI=1S/C23H28Cl2FN3O2/c1-7-28(6)14-27-20-10-15(2)21(12-19(20)25)29(22(30)31-23(3,4)5)13-16-8-9-17(26)11-18(16)24/h8-12,14H,7,13H2,1-6H3. The van der Waals surface area contributed by atoms with Gasteiger partial charge >= 0.3 is 6.09 Å². The van der Waals surface area contributed by atoms with E-state index < -0.39 is 17.5 Å². The summed E-state index contributed by atoms with van der Waals surface area (Å²) in [4.78, 5) is 20.8. The van der Waals surface area contributed by atoms with Crippen LogP contribution in [-0.4, -0.2) is 36.5 Å². The summed E-state index contributed by atoms with van der Waals surface area (Å²) in [6.07, 6.45) is 1.14. The highest BCUT2D eigenvalue weighted by Gasteiger charge is 2.26. The van der Waals surface area contributed by atoms with Gasteiger partial charge in [0.15, 0.2) is 0 Å². The minimum atomic E-state index is -0.700. The van der Waals surface area contributed by atoms with Gasteiger partial charge in [-0.05, 0) is 70.0 Å². The van der Waals surface area contributed by atoms with E-state index in [1.54, 1.807) is 45.3 Å². The van der Waals surface area contributed by atoms with Crippen molar-refractivity contribution < 1.29 is 13.9 Å². The van der Waals surface area contributed by atoms with Gasteiger partial charge < -0.3 is 9.64 Å². The molecular formula is C23H28Cl2FN3O2. The van der Waals surface area contributed by atoms with Crippen molar-refractivity contribution in [2.45, 2.75) is 46.8 Å². The Labute approximate surface area is 193 Å². The van der Waals surface area contributed by atoms with Crippen molar-refractivity contribution >= 4 is 47.0 Å². The Balaban J connectivity index is 2.48. The number of nitrogens with zero attached hydrogens (tertiary/aromatic N) is 3. The quantitative estimate of drug-likeness (QED) is 0.339. The summed E-state index contributed by atoms with van der Waals surface area (Å²) in [5.74, 6) is -0.448. The first-order valence-corrected chi connectivity index (χ1v) is 10.7.